The van der Waals surface area contributed by atoms with Gasteiger partial charge in [-0.25, -0.2) is 9.18 Å². The molecule has 1 N–H and O–H groups in total. The van der Waals surface area contributed by atoms with E-state index in [0.29, 0.717) is 12.0 Å². The molecule has 2 heterocycles. The molecule has 0 atom stereocenters. The number of nitrogens with zero attached hydrogens (tertiary/aromatic N) is 2. The summed E-state index contributed by atoms with van der Waals surface area (Å²) in [4.78, 5) is 52.5. The summed E-state index contributed by atoms with van der Waals surface area (Å²) in [7, 11) is 0. The highest BCUT2D eigenvalue weighted by molar-refractivity contribution is 8.18. The zero-order valence-corrected chi connectivity index (χ0v) is 25.6. The zero-order valence-electron chi connectivity index (χ0n) is 24.1. The third-order valence-electron chi connectivity index (χ3n) is 7.22. The monoisotopic (exact) mass is 633 g/mol. The second-order valence-corrected chi connectivity index (χ2v) is 11.6. The van der Waals surface area contributed by atoms with E-state index in [2.05, 4.69) is 5.32 Å². The van der Waals surface area contributed by atoms with E-state index in [1.165, 1.54) is 24.3 Å². The first kappa shape index (κ1) is 31.0. The van der Waals surface area contributed by atoms with Crippen molar-refractivity contribution in [2.75, 3.05) is 18.5 Å². The number of ether oxygens (including phenoxy) is 1. The molecule has 11 heteroatoms. The molecule has 0 radical (unpaired) electrons. The van der Waals surface area contributed by atoms with Crippen LogP contribution in [0, 0.1) is 12.7 Å². The number of imide groups is 1. The topological polar surface area (TPSA) is 97.7 Å². The Morgan fingerprint density at radius 2 is 1.82 bits per heavy atom. The van der Waals surface area contributed by atoms with Crippen LogP contribution in [0.15, 0.2) is 71.6 Å². The van der Waals surface area contributed by atoms with Gasteiger partial charge in [0.05, 0.1) is 28.6 Å². The highest BCUT2D eigenvalue weighted by Gasteiger charge is 2.36. The number of carbonyl (C=O) groups is 4. The van der Waals surface area contributed by atoms with Crippen LogP contribution in [0.1, 0.15) is 46.9 Å². The maximum Gasteiger partial charge on any atom is 0.339 e. The Morgan fingerprint density at radius 1 is 1.07 bits per heavy atom. The van der Waals surface area contributed by atoms with E-state index in [1.807, 2.05) is 42.7 Å². The van der Waals surface area contributed by atoms with Gasteiger partial charge in [-0.1, -0.05) is 61.3 Å². The minimum absolute atomic E-state index is 0.0965. The van der Waals surface area contributed by atoms with Gasteiger partial charge in [-0.3, -0.25) is 19.3 Å². The van der Waals surface area contributed by atoms with Gasteiger partial charge in [-0.05, 0) is 61.5 Å². The molecule has 0 bridgehead atoms. The Kier molecular flexibility index (Phi) is 9.51. The quantitative estimate of drug-likeness (QED) is 0.111. The third kappa shape index (κ3) is 6.56. The molecule has 1 aliphatic heterocycles. The number of benzene rings is 3. The maximum absolute atomic E-state index is 14.5. The van der Waals surface area contributed by atoms with Gasteiger partial charge in [-0.2, -0.15) is 0 Å². The van der Waals surface area contributed by atoms with Gasteiger partial charge >= 0.3 is 5.97 Å². The number of nitrogens with one attached hydrogen (secondary N) is 1. The number of anilines is 1. The summed E-state index contributed by atoms with van der Waals surface area (Å²) in [5, 5.41) is 3.05. The first-order valence-electron chi connectivity index (χ1n) is 14.0. The third-order valence-corrected chi connectivity index (χ3v) is 8.45. The summed E-state index contributed by atoms with van der Waals surface area (Å²) in [5.74, 6) is -2.15. The minimum atomic E-state index is -0.626. The number of unbranched alkanes of at least 4 members (excludes halogenated alkanes) is 1. The van der Waals surface area contributed by atoms with Crippen molar-refractivity contribution in [3.05, 3.63) is 105 Å². The molecular weight excluding hydrogens is 605 g/mol. The summed E-state index contributed by atoms with van der Waals surface area (Å²) in [6.45, 7) is 3.87. The van der Waals surface area contributed by atoms with E-state index >= 15 is 0 Å². The first-order chi connectivity index (χ1) is 21.2. The number of rotatable bonds is 10. The average molecular weight is 634 g/mol. The van der Waals surface area contributed by atoms with Crippen LogP contribution < -0.4 is 5.32 Å². The SMILES string of the molecule is CCCCOC(=O)c1cc(NC(=O)CN2C(=O)S/C(=C\c3c(C)n(Cc4ccccc4F)c4ccccc34)C2=O)ccc1Cl. The summed E-state index contributed by atoms with van der Waals surface area (Å²) >= 11 is 6.90. The van der Waals surface area contributed by atoms with Crippen LogP contribution in [0.4, 0.5) is 14.9 Å². The molecule has 3 amide bonds. The predicted octanol–water partition coefficient (Wildman–Crippen LogP) is 7.42. The van der Waals surface area contributed by atoms with Crippen molar-refractivity contribution < 1.29 is 28.3 Å². The highest BCUT2D eigenvalue weighted by atomic mass is 35.5. The van der Waals surface area contributed by atoms with Crippen LogP contribution in [0.5, 0.6) is 0 Å². The molecule has 3 aromatic carbocycles. The molecule has 4 aromatic rings. The van der Waals surface area contributed by atoms with Crippen molar-refractivity contribution in [1.82, 2.24) is 9.47 Å². The van der Waals surface area contributed by atoms with Crippen molar-refractivity contribution >= 4 is 69.1 Å². The van der Waals surface area contributed by atoms with Gasteiger partial charge in [0.25, 0.3) is 11.1 Å². The largest absolute Gasteiger partial charge is 0.462 e. The zero-order chi connectivity index (χ0) is 31.4. The molecule has 0 spiro atoms. The molecule has 0 unspecified atom stereocenters. The standard InChI is InChI=1S/C33H29ClFN3O5S/c1-3-4-15-43-32(41)25-16-22(13-14-26(25)34)36-30(39)19-38-31(40)29(44-33(38)42)17-24-20(2)37(28-12-8-6-10-23(24)28)18-21-9-5-7-11-27(21)35/h5-14,16-17H,3-4,15,18-19H2,1-2H3,(H,36,39)/b29-17-. The number of carbonyl (C=O) groups excluding carboxylic acids is 4. The Bertz CT molecular complexity index is 1820. The van der Waals surface area contributed by atoms with Gasteiger partial charge in [-0.15, -0.1) is 0 Å². The number of hydrogen-bond donors (Lipinski definition) is 1. The van der Waals surface area contributed by atoms with Gasteiger partial charge < -0.3 is 14.6 Å². The molecule has 44 heavy (non-hydrogen) atoms. The van der Waals surface area contributed by atoms with E-state index < -0.39 is 29.6 Å². The van der Waals surface area contributed by atoms with Crippen molar-refractivity contribution in [1.29, 1.82) is 0 Å². The number of esters is 1. The van der Waals surface area contributed by atoms with Crippen LogP contribution >= 0.6 is 23.4 Å². The van der Waals surface area contributed by atoms with E-state index in [1.54, 1.807) is 24.3 Å². The molecule has 5 rings (SSSR count). The number of amides is 3. The molecule has 226 valence electrons. The van der Waals surface area contributed by atoms with E-state index in [0.717, 1.165) is 45.2 Å². The second-order valence-electron chi connectivity index (χ2n) is 10.2. The van der Waals surface area contributed by atoms with Gasteiger partial charge in [0.2, 0.25) is 5.91 Å². The molecule has 1 aromatic heterocycles. The van der Waals surface area contributed by atoms with Crippen molar-refractivity contribution in [3.8, 4) is 0 Å². The predicted molar refractivity (Wildman–Crippen MR) is 170 cm³/mol. The number of para-hydroxylation sites is 1. The van der Waals surface area contributed by atoms with Crippen molar-refractivity contribution in [2.45, 2.75) is 33.2 Å². The van der Waals surface area contributed by atoms with Gasteiger partial charge in [0, 0.05) is 33.4 Å². The molecule has 0 aliphatic carbocycles. The van der Waals surface area contributed by atoms with E-state index in [-0.39, 0.29) is 40.1 Å². The van der Waals surface area contributed by atoms with Crippen LogP contribution in [0.2, 0.25) is 5.02 Å². The Balaban J connectivity index is 1.33. The van der Waals surface area contributed by atoms with Crippen LogP contribution in [-0.2, 0) is 20.9 Å². The number of hydrogen-bond acceptors (Lipinski definition) is 6. The normalized spacial score (nSPS) is 14.1. The molecule has 1 saturated heterocycles. The summed E-state index contributed by atoms with van der Waals surface area (Å²) in [6, 6.07) is 18.5. The Labute approximate surface area is 262 Å². The van der Waals surface area contributed by atoms with E-state index in [4.69, 9.17) is 16.3 Å². The fraction of sp³-hybridized carbons (Fsp3) is 0.212. The van der Waals surface area contributed by atoms with E-state index in [9.17, 15) is 23.6 Å². The summed E-state index contributed by atoms with van der Waals surface area (Å²) in [6.07, 6.45) is 3.22. The smallest absolute Gasteiger partial charge is 0.339 e. The maximum atomic E-state index is 14.5. The lowest BCUT2D eigenvalue weighted by atomic mass is 10.1. The summed E-state index contributed by atoms with van der Waals surface area (Å²) in [5.41, 5.74) is 3.27. The number of aromatic nitrogens is 1. The minimum Gasteiger partial charge on any atom is -0.462 e. The fourth-order valence-electron chi connectivity index (χ4n) is 4.90. The lowest BCUT2D eigenvalue weighted by Crippen LogP contribution is -2.36. The molecule has 1 aliphatic rings. The number of halogens is 2. The second kappa shape index (κ2) is 13.5. The number of thioether (sulfide) groups is 1. The highest BCUT2D eigenvalue weighted by Crippen LogP contribution is 2.36. The number of fused-ring (bicyclic) bond motifs is 1. The molecule has 1 fully saturated rings. The van der Waals surface area contributed by atoms with Crippen LogP contribution in [0.25, 0.3) is 17.0 Å². The average Bonchev–Trinajstić information content (AvgIpc) is 3.42. The van der Waals surface area contributed by atoms with Crippen LogP contribution in [0.3, 0.4) is 0 Å². The molecular formula is C33H29ClFN3O5S. The first-order valence-corrected chi connectivity index (χ1v) is 15.2. The van der Waals surface area contributed by atoms with Gasteiger partial charge in [0.1, 0.15) is 12.4 Å². The van der Waals surface area contributed by atoms with Crippen LogP contribution in [-0.4, -0.2) is 45.6 Å². The lowest BCUT2D eigenvalue weighted by Gasteiger charge is -2.13. The Hall–Kier alpha value is -4.41. The van der Waals surface area contributed by atoms with Crippen molar-refractivity contribution in [2.24, 2.45) is 0 Å². The van der Waals surface area contributed by atoms with Crippen molar-refractivity contribution in [3.63, 3.8) is 0 Å². The summed E-state index contributed by atoms with van der Waals surface area (Å²) < 4.78 is 21.7. The van der Waals surface area contributed by atoms with Gasteiger partial charge in [0.15, 0.2) is 0 Å². The Morgan fingerprint density at radius 3 is 2.59 bits per heavy atom. The molecule has 8 nitrogen and oxygen atoms in total. The molecule has 0 saturated carbocycles. The lowest BCUT2D eigenvalue weighted by molar-refractivity contribution is -0.127. The fourth-order valence-corrected chi connectivity index (χ4v) is 5.91.